The third-order valence-corrected chi connectivity index (χ3v) is 5.80. The van der Waals surface area contributed by atoms with Crippen molar-refractivity contribution in [3.63, 3.8) is 0 Å². The number of esters is 1. The Kier molecular flexibility index (Phi) is 5.79. The molecule has 5 heteroatoms. The van der Waals surface area contributed by atoms with E-state index in [4.69, 9.17) is 9.47 Å². The lowest BCUT2D eigenvalue weighted by Gasteiger charge is -2.36. The van der Waals surface area contributed by atoms with Gasteiger partial charge < -0.3 is 9.47 Å². The van der Waals surface area contributed by atoms with Gasteiger partial charge >= 0.3 is 5.97 Å². The van der Waals surface area contributed by atoms with Crippen LogP contribution in [0.2, 0.25) is 0 Å². The minimum absolute atomic E-state index is 0.122. The summed E-state index contributed by atoms with van der Waals surface area (Å²) in [6.07, 6.45) is 2.07. The molecule has 0 saturated heterocycles. The van der Waals surface area contributed by atoms with E-state index in [0.717, 1.165) is 29.7 Å². The van der Waals surface area contributed by atoms with Crippen LogP contribution in [-0.4, -0.2) is 24.6 Å². The minimum Gasteiger partial charge on any atom is -0.489 e. The molecule has 4 rings (SSSR count). The quantitative estimate of drug-likeness (QED) is 0.684. The standard InChI is InChI=1S/C25H25NO4/c1-16-22(25(28)29-2)23(24-19(26-16)12-8-13-20(24)27)18-11-6-7-14-21(18)30-15-17-9-4-3-5-10-17/h3-7,9-11,14,23-24H,8,12-13,15H2,1-2H3. The van der Waals surface area contributed by atoms with E-state index in [2.05, 4.69) is 4.99 Å². The van der Waals surface area contributed by atoms with E-state index in [1.165, 1.54) is 7.11 Å². The summed E-state index contributed by atoms with van der Waals surface area (Å²) in [6.45, 7) is 2.22. The summed E-state index contributed by atoms with van der Waals surface area (Å²) in [6, 6.07) is 17.5. The van der Waals surface area contributed by atoms with Crippen molar-refractivity contribution in [1.29, 1.82) is 0 Å². The molecule has 2 unspecified atom stereocenters. The Bertz CT molecular complexity index is 1020. The monoisotopic (exact) mass is 403 g/mol. The van der Waals surface area contributed by atoms with Gasteiger partial charge in [-0.2, -0.15) is 0 Å². The van der Waals surface area contributed by atoms with Gasteiger partial charge in [0.25, 0.3) is 0 Å². The number of hydrogen-bond acceptors (Lipinski definition) is 5. The van der Waals surface area contributed by atoms with Crippen molar-refractivity contribution in [2.24, 2.45) is 10.9 Å². The van der Waals surface area contributed by atoms with E-state index in [-0.39, 0.29) is 5.78 Å². The molecule has 0 spiro atoms. The van der Waals surface area contributed by atoms with Crippen LogP contribution >= 0.6 is 0 Å². The third-order valence-electron chi connectivity index (χ3n) is 5.80. The van der Waals surface area contributed by atoms with Crippen LogP contribution in [-0.2, 0) is 20.9 Å². The first-order valence-corrected chi connectivity index (χ1v) is 10.2. The Balaban J connectivity index is 1.77. The highest BCUT2D eigenvalue weighted by atomic mass is 16.5. The highest BCUT2D eigenvalue weighted by Crippen LogP contribution is 2.45. The molecule has 1 fully saturated rings. The van der Waals surface area contributed by atoms with Crippen LogP contribution in [0.3, 0.4) is 0 Å². The Morgan fingerprint density at radius 3 is 2.53 bits per heavy atom. The van der Waals surface area contributed by atoms with E-state index in [0.29, 0.717) is 30.0 Å². The van der Waals surface area contributed by atoms with Gasteiger partial charge in [0, 0.05) is 29.3 Å². The van der Waals surface area contributed by atoms with Crippen LogP contribution in [0, 0.1) is 5.92 Å². The van der Waals surface area contributed by atoms with Gasteiger partial charge in [-0.25, -0.2) is 4.79 Å². The molecule has 2 atom stereocenters. The second-order valence-electron chi connectivity index (χ2n) is 7.68. The number of Topliss-reactive ketones (excluding diaryl/α,β-unsaturated/α-hetero) is 1. The molecule has 1 saturated carbocycles. The van der Waals surface area contributed by atoms with Crippen molar-refractivity contribution in [1.82, 2.24) is 0 Å². The fourth-order valence-corrected chi connectivity index (χ4v) is 4.44. The maximum atomic E-state index is 13.0. The summed E-state index contributed by atoms with van der Waals surface area (Å²) in [5.41, 5.74) is 3.79. The van der Waals surface area contributed by atoms with Gasteiger partial charge in [-0.15, -0.1) is 0 Å². The predicted octanol–water partition coefficient (Wildman–Crippen LogP) is 4.62. The number of carbonyl (C=O) groups excluding carboxylic acids is 2. The SMILES string of the molecule is COC(=O)C1=C(C)N=C2CCCC(=O)C2C1c1ccccc1OCc1ccccc1. The first kappa shape index (κ1) is 20.1. The largest absolute Gasteiger partial charge is 0.489 e. The lowest BCUT2D eigenvalue weighted by Crippen LogP contribution is -2.39. The maximum Gasteiger partial charge on any atom is 0.336 e. The van der Waals surface area contributed by atoms with Gasteiger partial charge in [-0.3, -0.25) is 9.79 Å². The van der Waals surface area contributed by atoms with Crippen LogP contribution in [0.1, 0.15) is 43.2 Å². The van der Waals surface area contributed by atoms with Gasteiger partial charge in [0.1, 0.15) is 18.1 Å². The fraction of sp³-hybridized carbons (Fsp3) is 0.320. The second-order valence-corrected chi connectivity index (χ2v) is 7.68. The average Bonchev–Trinajstić information content (AvgIpc) is 2.77. The number of fused-ring (bicyclic) bond motifs is 1. The summed E-state index contributed by atoms with van der Waals surface area (Å²) in [5, 5.41) is 0. The first-order valence-electron chi connectivity index (χ1n) is 10.2. The minimum atomic E-state index is -0.454. The predicted molar refractivity (Wildman–Crippen MR) is 114 cm³/mol. The molecule has 5 nitrogen and oxygen atoms in total. The number of para-hydroxylation sites is 1. The normalized spacial score (nSPS) is 21.0. The van der Waals surface area contributed by atoms with Gasteiger partial charge in [-0.1, -0.05) is 48.5 Å². The average molecular weight is 403 g/mol. The van der Waals surface area contributed by atoms with Crippen LogP contribution in [0.25, 0.3) is 0 Å². The molecule has 2 aliphatic rings. The third kappa shape index (κ3) is 3.80. The van der Waals surface area contributed by atoms with E-state index < -0.39 is 17.8 Å². The van der Waals surface area contributed by atoms with Crippen LogP contribution < -0.4 is 4.74 Å². The Hall–Kier alpha value is -3.21. The van der Waals surface area contributed by atoms with Crippen molar-refractivity contribution in [2.45, 2.75) is 38.7 Å². The molecule has 2 aromatic carbocycles. The summed E-state index contributed by atoms with van der Waals surface area (Å²) in [4.78, 5) is 30.3. The molecular formula is C25H25NO4. The van der Waals surface area contributed by atoms with Gasteiger partial charge in [-0.05, 0) is 31.4 Å². The number of benzene rings is 2. The van der Waals surface area contributed by atoms with Crippen molar-refractivity contribution in [2.75, 3.05) is 7.11 Å². The number of rotatable bonds is 5. The zero-order chi connectivity index (χ0) is 21.1. The number of allylic oxidation sites excluding steroid dienone is 1. The second kappa shape index (κ2) is 8.66. The molecule has 0 amide bonds. The van der Waals surface area contributed by atoms with E-state index in [1.807, 2.05) is 61.5 Å². The number of carbonyl (C=O) groups is 2. The zero-order valence-electron chi connectivity index (χ0n) is 17.3. The van der Waals surface area contributed by atoms with Crippen LogP contribution in [0.5, 0.6) is 5.75 Å². The first-order chi connectivity index (χ1) is 14.6. The Morgan fingerprint density at radius 1 is 1.03 bits per heavy atom. The van der Waals surface area contributed by atoms with Gasteiger partial charge in [0.05, 0.1) is 18.6 Å². The highest BCUT2D eigenvalue weighted by molar-refractivity contribution is 6.11. The van der Waals surface area contributed by atoms with Crippen LogP contribution in [0.15, 0.2) is 70.9 Å². The molecular weight excluding hydrogens is 378 g/mol. The number of methoxy groups -OCH3 is 1. The van der Waals surface area contributed by atoms with Crippen molar-refractivity contribution in [3.05, 3.63) is 77.0 Å². The van der Waals surface area contributed by atoms with Crippen LogP contribution in [0.4, 0.5) is 0 Å². The highest BCUT2D eigenvalue weighted by Gasteiger charge is 2.44. The fourth-order valence-electron chi connectivity index (χ4n) is 4.44. The summed E-state index contributed by atoms with van der Waals surface area (Å²) >= 11 is 0. The molecule has 0 bridgehead atoms. The number of nitrogens with zero attached hydrogens (tertiary/aromatic N) is 1. The van der Waals surface area contributed by atoms with E-state index >= 15 is 0 Å². The molecule has 0 N–H and O–H groups in total. The van der Waals surface area contributed by atoms with Crippen molar-refractivity contribution < 1.29 is 19.1 Å². The number of ether oxygens (including phenoxy) is 2. The number of ketones is 1. The number of aliphatic imine (C=N–C) groups is 1. The van der Waals surface area contributed by atoms with Crippen molar-refractivity contribution >= 4 is 17.5 Å². The molecule has 2 aromatic rings. The summed E-state index contributed by atoms with van der Waals surface area (Å²) in [5.74, 6) is -0.559. The topological polar surface area (TPSA) is 65.0 Å². The zero-order valence-corrected chi connectivity index (χ0v) is 17.3. The lowest BCUT2D eigenvalue weighted by molar-refractivity contribution is -0.136. The smallest absolute Gasteiger partial charge is 0.336 e. The molecule has 1 aliphatic heterocycles. The Morgan fingerprint density at radius 2 is 1.77 bits per heavy atom. The molecule has 154 valence electrons. The van der Waals surface area contributed by atoms with Crippen molar-refractivity contribution in [3.8, 4) is 5.75 Å². The van der Waals surface area contributed by atoms with Gasteiger partial charge in [0.15, 0.2) is 0 Å². The molecule has 1 aliphatic carbocycles. The Labute approximate surface area is 176 Å². The lowest BCUT2D eigenvalue weighted by atomic mass is 9.69. The molecule has 0 radical (unpaired) electrons. The summed E-state index contributed by atoms with van der Waals surface area (Å²) in [7, 11) is 1.36. The van der Waals surface area contributed by atoms with Gasteiger partial charge in [0.2, 0.25) is 0 Å². The maximum absolute atomic E-state index is 13.0. The van der Waals surface area contributed by atoms with E-state index in [9.17, 15) is 9.59 Å². The summed E-state index contributed by atoms with van der Waals surface area (Å²) < 4.78 is 11.2. The molecule has 1 heterocycles. The molecule has 30 heavy (non-hydrogen) atoms. The molecule has 0 aromatic heterocycles. The van der Waals surface area contributed by atoms with E-state index in [1.54, 1.807) is 0 Å². The number of hydrogen-bond donors (Lipinski definition) is 0.